The molecule has 3 nitrogen and oxygen atoms in total. The first-order valence-electron chi connectivity index (χ1n) is 4.99. The van der Waals surface area contributed by atoms with Crippen molar-refractivity contribution < 1.29 is 4.74 Å². The molecule has 0 aliphatic carbocycles. The van der Waals surface area contributed by atoms with Crippen molar-refractivity contribution in [1.29, 1.82) is 5.26 Å². The van der Waals surface area contributed by atoms with Gasteiger partial charge in [-0.05, 0) is 32.0 Å². The molecule has 0 spiro atoms. The van der Waals surface area contributed by atoms with Gasteiger partial charge in [0.15, 0.2) is 0 Å². The van der Waals surface area contributed by atoms with E-state index in [1.807, 2.05) is 19.1 Å². The van der Waals surface area contributed by atoms with Crippen LogP contribution in [0.1, 0.15) is 13.8 Å². The smallest absolute Gasteiger partial charge is 0.148 e. The molecule has 0 radical (unpaired) electrons. The fraction of sp³-hybridized carbons (Fsp3) is 0.417. The van der Waals surface area contributed by atoms with E-state index in [9.17, 15) is 5.26 Å². The van der Waals surface area contributed by atoms with E-state index in [1.54, 1.807) is 26.2 Å². The molecule has 2 atom stereocenters. The Balaban J connectivity index is 2.90. The van der Waals surface area contributed by atoms with Crippen LogP contribution in [-0.2, 0) is 4.74 Å². The van der Waals surface area contributed by atoms with Gasteiger partial charge in [0.25, 0.3) is 0 Å². The van der Waals surface area contributed by atoms with Crippen LogP contribution >= 0.6 is 11.6 Å². The first kappa shape index (κ1) is 12.8. The van der Waals surface area contributed by atoms with Crippen molar-refractivity contribution in [2.45, 2.75) is 25.5 Å². The summed E-state index contributed by atoms with van der Waals surface area (Å²) in [6.07, 6.45) is -0.225. The van der Waals surface area contributed by atoms with Crippen LogP contribution in [0.2, 0.25) is 5.02 Å². The van der Waals surface area contributed by atoms with Crippen molar-refractivity contribution in [1.82, 2.24) is 0 Å². The number of benzene rings is 1. The van der Waals surface area contributed by atoms with Gasteiger partial charge in [-0.2, -0.15) is 5.26 Å². The van der Waals surface area contributed by atoms with E-state index in [4.69, 9.17) is 16.3 Å². The molecular weight excluding hydrogens is 224 g/mol. The summed E-state index contributed by atoms with van der Waals surface area (Å²) in [5.41, 5.74) is 0.0276. The molecule has 0 heterocycles. The Morgan fingerprint density at radius 3 is 2.75 bits per heavy atom. The summed E-state index contributed by atoms with van der Waals surface area (Å²) < 4.78 is 5.19. The van der Waals surface area contributed by atoms with Crippen LogP contribution in [0.3, 0.4) is 0 Å². The van der Waals surface area contributed by atoms with Gasteiger partial charge in [0.2, 0.25) is 0 Å². The second-order valence-electron chi connectivity index (χ2n) is 3.83. The maximum absolute atomic E-state index is 9.19. The minimum absolute atomic E-state index is 0.225. The number of hydrogen-bond donors (Lipinski definition) is 1. The molecule has 16 heavy (non-hydrogen) atoms. The van der Waals surface area contributed by atoms with E-state index in [0.717, 1.165) is 5.69 Å². The second-order valence-corrected chi connectivity index (χ2v) is 4.26. The van der Waals surface area contributed by atoms with Crippen LogP contribution in [0, 0.1) is 11.3 Å². The van der Waals surface area contributed by atoms with Gasteiger partial charge in [0.1, 0.15) is 5.54 Å². The van der Waals surface area contributed by atoms with Crippen molar-refractivity contribution >= 4 is 17.3 Å². The third-order valence-corrected chi connectivity index (χ3v) is 2.86. The van der Waals surface area contributed by atoms with Crippen molar-refractivity contribution in [2.24, 2.45) is 0 Å². The summed E-state index contributed by atoms with van der Waals surface area (Å²) >= 11 is 5.88. The molecule has 0 bridgehead atoms. The molecule has 0 aliphatic rings. The highest BCUT2D eigenvalue weighted by Crippen LogP contribution is 2.22. The van der Waals surface area contributed by atoms with E-state index < -0.39 is 5.54 Å². The van der Waals surface area contributed by atoms with Gasteiger partial charge in [0.05, 0.1) is 12.2 Å². The SMILES string of the molecule is COC(C)C(C)(C#N)Nc1cccc(Cl)c1. The predicted octanol–water partition coefficient (Wildman–Crippen LogP) is 3.07. The zero-order chi connectivity index (χ0) is 12.2. The molecular formula is C12H15ClN2O. The van der Waals surface area contributed by atoms with Crippen LogP contribution in [0.4, 0.5) is 5.69 Å². The second kappa shape index (κ2) is 5.20. The Morgan fingerprint density at radius 2 is 2.25 bits per heavy atom. The Hall–Kier alpha value is -1.24. The molecule has 4 heteroatoms. The zero-order valence-electron chi connectivity index (χ0n) is 9.62. The van der Waals surface area contributed by atoms with Crippen molar-refractivity contribution in [2.75, 3.05) is 12.4 Å². The third kappa shape index (κ3) is 2.88. The first-order valence-corrected chi connectivity index (χ1v) is 5.37. The fourth-order valence-electron chi connectivity index (χ4n) is 1.32. The lowest BCUT2D eigenvalue weighted by Gasteiger charge is -2.29. The lowest BCUT2D eigenvalue weighted by Crippen LogP contribution is -2.44. The number of methoxy groups -OCH3 is 1. The Morgan fingerprint density at radius 1 is 1.56 bits per heavy atom. The average Bonchev–Trinajstić information content (AvgIpc) is 2.27. The van der Waals surface area contributed by atoms with Gasteiger partial charge in [-0.25, -0.2) is 0 Å². The highest BCUT2D eigenvalue weighted by atomic mass is 35.5. The first-order chi connectivity index (χ1) is 7.51. The number of nitrogens with zero attached hydrogens (tertiary/aromatic N) is 1. The van der Waals surface area contributed by atoms with E-state index in [-0.39, 0.29) is 6.10 Å². The van der Waals surface area contributed by atoms with Gasteiger partial charge < -0.3 is 10.1 Å². The third-order valence-electron chi connectivity index (χ3n) is 2.63. The molecule has 1 rings (SSSR count). The Kier molecular flexibility index (Phi) is 4.17. The predicted molar refractivity (Wildman–Crippen MR) is 65.6 cm³/mol. The Labute approximate surface area is 101 Å². The van der Waals surface area contributed by atoms with Crippen molar-refractivity contribution in [3.8, 4) is 6.07 Å². The minimum Gasteiger partial charge on any atom is -0.378 e. The summed E-state index contributed by atoms with van der Waals surface area (Å²) in [7, 11) is 1.58. The fourth-order valence-corrected chi connectivity index (χ4v) is 1.51. The molecule has 86 valence electrons. The lowest BCUT2D eigenvalue weighted by molar-refractivity contribution is 0.0853. The average molecular weight is 239 g/mol. The molecule has 0 fully saturated rings. The quantitative estimate of drug-likeness (QED) is 0.877. The number of rotatable bonds is 4. The van der Waals surface area contributed by atoms with Crippen LogP contribution < -0.4 is 5.32 Å². The normalized spacial score (nSPS) is 15.9. The molecule has 1 aromatic rings. The summed E-state index contributed by atoms with van der Waals surface area (Å²) in [4.78, 5) is 0. The maximum atomic E-state index is 9.19. The summed E-state index contributed by atoms with van der Waals surface area (Å²) in [6.45, 7) is 3.64. The zero-order valence-corrected chi connectivity index (χ0v) is 10.4. The van der Waals surface area contributed by atoms with Crippen LogP contribution in [-0.4, -0.2) is 18.8 Å². The summed E-state index contributed by atoms with van der Waals surface area (Å²) in [5.74, 6) is 0. The molecule has 0 aliphatic heterocycles. The van der Waals surface area contributed by atoms with E-state index in [2.05, 4.69) is 11.4 Å². The molecule has 2 unspecified atom stereocenters. The van der Waals surface area contributed by atoms with Crippen molar-refractivity contribution in [3.05, 3.63) is 29.3 Å². The minimum atomic E-state index is -0.778. The van der Waals surface area contributed by atoms with E-state index in [0.29, 0.717) is 5.02 Å². The van der Waals surface area contributed by atoms with Gasteiger partial charge in [-0.3, -0.25) is 0 Å². The lowest BCUT2D eigenvalue weighted by atomic mass is 9.97. The largest absolute Gasteiger partial charge is 0.378 e. The Bertz CT molecular complexity index is 402. The summed E-state index contributed by atoms with van der Waals surface area (Å²) in [5, 5.41) is 13.0. The molecule has 1 aromatic carbocycles. The number of anilines is 1. The highest BCUT2D eigenvalue weighted by molar-refractivity contribution is 6.30. The standard InChI is InChI=1S/C12H15ClN2O/c1-9(16-3)12(2,8-14)15-11-6-4-5-10(13)7-11/h4-7,9,15H,1-3H3. The van der Waals surface area contributed by atoms with Gasteiger partial charge >= 0.3 is 0 Å². The number of nitriles is 1. The molecule has 0 aromatic heterocycles. The van der Waals surface area contributed by atoms with Crippen molar-refractivity contribution in [3.63, 3.8) is 0 Å². The number of nitrogens with one attached hydrogen (secondary N) is 1. The van der Waals surface area contributed by atoms with Crippen LogP contribution in [0.15, 0.2) is 24.3 Å². The number of hydrogen-bond acceptors (Lipinski definition) is 3. The maximum Gasteiger partial charge on any atom is 0.148 e. The number of ether oxygens (including phenoxy) is 1. The van der Waals surface area contributed by atoms with Crippen LogP contribution in [0.5, 0.6) is 0 Å². The van der Waals surface area contributed by atoms with Gasteiger partial charge in [-0.1, -0.05) is 17.7 Å². The van der Waals surface area contributed by atoms with Gasteiger partial charge in [0, 0.05) is 17.8 Å². The molecule has 1 N–H and O–H groups in total. The highest BCUT2D eigenvalue weighted by Gasteiger charge is 2.31. The molecule has 0 saturated heterocycles. The molecule has 0 saturated carbocycles. The van der Waals surface area contributed by atoms with Gasteiger partial charge in [-0.15, -0.1) is 0 Å². The topological polar surface area (TPSA) is 45.0 Å². The van der Waals surface area contributed by atoms with E-state index in [1.165, 1.54) is 0 Å². The summed E-state index contributed by atoms with van der Waals surface area (Å²) in [6, 6.07) is 9.48. The molecule has 0 amide bonds. The van der Waals surface area contributed by atoms with Crippen LogP contribution in [0.25, 0.3) is 0 Å². The number of halogens is 1. The van der Waals surface area contributed by atoms with E-state index >= 15 is 0 Å². The monoisotopic (exact) mass is 238 g/mol.